The van der Waals surface area contributed by atoms with Crippen LogP contribution >= 0.6 is 0 Å². The summed E-state index contributed by atoms with van der Waals surface area (Å²) in [7, 11) is 0. The van der Waals surface area contributed by atoms with E-state index in [-0.39, 0.29) is 0 Å². The third kappa shape index (κ3) is 4.16. The maximum absolute atomic E-state index is 10.2. The number of benzene rings is 1. The van der Waals surface area contributed by atoms with Gasteiger partial charge < -0.3 is 5.11 Å². The molecule has 1 N–H and O–H groups in total. The molecule has 0 saturated heterocycles. The van der Waals surface area contributed by atoms with Crippen molar-refractivity contribution in [1.82, 2.24) is 9.88 Å². The molecule has 0 radical (unpaired) electrons. The van der Waals surface area contributed by atoms with E-state index in [2.05, 4.69) is 16.8 Å². The lowest BCUT2D eigenvalue weighted by atomic mass is 10.1. The molecule has 2 rings (SSSR count). The average Bonchev–Trinajstić information content (AvgIpc) is 2.48. The molecule has 3 heteroatoms. The first-order chi connectivity index (χ1) is 9.29. The molecule has 0 spiro atoms. The molecule has 0 aliphatic carbocycles. The zero-order chi connectivity index (χ0) is 13.5. The molecule has 0 amide bonds. The molecule has 1 heterocycles. The summed E-state index contributed by atoms with van der Waals surface area (Å²) in [6, 6.07) is 13.8. The van der Waals surface area contributed by atoms with Crippen LogP contribution in [-0.4, -0.2) is 28.1 Å². The molecule has 0 aliphatic heterocycles. The van der Waals surface area contributed by atoms with E-state index < -0.39 is 6.10 Å². The zero-order valence-electron chi connectivity index (χ0n) is 11.2. The molecule has 1 aromatic carbocycles. The number of aromatic nitrogens is 1. The van der Waals surface area contributed by atoms with Crippen molar-refractivity contribution in [3.05, 3.63) is 66.0 Å². The Kier molecular flexibility index (Phi) is 5.07. The summed E-state index contributed by atoms with van der Waals surface area (Å²) in [6.45, 7) is 4.50. The minimum atomic E-state index is -0.442. The summed E-state index contributed by atoms with van der Waals surface area (Å²) in [4.78, 5) is 6.25. The predicted molar refractivity (Wildman–Crippen MR) is 76.6 cm³/mol. The number of pyridine rings is 1. The summed E-state index contributed by atoms with van der Waals surface area (Å²) >= 11 is 0. The van der Waals surface area contributed by atoms with Gasteiger partial charge in [-0.25, -0.2) is 0 Å². The smallest absolute Gasteiger partial charge is 0.0917 e. The topological polar surface area (TPSA) is 36.4 Å². The number of likely N-dealkylation sites (N-methyl/N-ethyl adjacent to an activating group) is 1. The molecule has 0 saturated carbocycles. The molecule has 0 aliphatic rings. The second kappa shape index (κ2) is 7.02. The van der Waals surface area contributed by atoms with E-state index in [0.29, 0.717) is 6.54 Å². The van der Waals surface area contributed by atoms with Crippen molar-refractivity contribution in [2.45, 2.75) is 19.6 Å². The SMILES string of the molecule is CCN(Cc1ccncc1)CC(O)c1ccccc1. The predicted octanol–water partition coefficient (Wildman–Crippen LogP) is 2.64. The van der Waals surface area contributed by atoms with Crippen molar-refractivity contribution in [3.63, 3.8) is 0 Å². The van der Waals surface area contributed by atoms with Crippen molar-refractivity contribution in [2.24, 2.45) is 0 Å². The van der Waals surface area contributed by atoms with Crippen LogP contribution in [0.2, 0.25) is 0 Å². The van der Waals surface area contributed by atoms with Crippen LogP contribution in [0.25, 0.3) is 0 Å². The van der Waals surface area contributed by atoms with Gasteiger partial charge in [-0.3, -0.25) is 9.88 Å². The van der Waals surface area contributed by atoms with E-state index in [1.807, 2.05) is 42.5 Å². The first kappa shape index (κ1) is 13.7. The monoisotopic (exact) mass is 256 g/mol. The molecular weight excluding hydrogens is 236 g/mol. The third-order valence-electron chi connectivity index (χ3n) is 3.22. The van der Waals surface area contributed by atoms with Gasteiger partial charge in [0.05, 0.1) is 6.10 Å². The van der Waals surface area contributed by atoms with Crippen molar-refractivity contribution in [2.75, 3.05) is 13.1 Å². The standard InChI is InChI=1S/C16H20N2O/c1-2-18(12-14-8-10-17-11-9-14)13-16(19)15-6-4-3-5-7-15/h3-11,16,19H,2,12-13H2,1H3. The zero-order valence-corrected chi connectivity index (χ0v) is 11.2. The van der Waals surface area contributed by atoms with Crippen LogP contribution in [0, 0.1) is 0 Å². The van der Waals surface area contributed by atoms with Gasteiger partial charge in [-0.1, -0.05) is 37.3 Å². The fraction of sp³-hybridized carbons (Fsp3) is 0.312. The fourth-order valence-electron chi connectivity index (χ4n) is 2.08. The normalized spacial score (nSPS) is 12.6. The summed E-state index contributed by atoms with van der Waals surface area (Å²) in [5, 5.41) is 10.2. The molecular formula is C16H20N2O. The first-order valence-corrected chi connectivity index (χ1v) is 6.64. The van der Waals surface area contributed by atoms with Gasteiger partial charge in [-0.2, -0.15) is 0 Å². The highest BCUT2D eigenvalue weighted by molar-refractivity contribution is 5.17. The van der Waals surface area contributed by atoms with Crippen LogP contribution in [0.3, 0.4) is 0 Å². The Morgan fingerprint density at radius 3 is 2.42 bits per heavy atom. The van der Waals surface area contributed by atoms with E-state index in [9.17, 15) is 5.11 Å². The van der Waals surface area contributed by atoms with Gasteiger partial charge in [0.25, 0.3) is 0 Å². The molecule has 100 valence electrons. The Morgan fingerprint density at radius 2 is 1.79 bits per heavy atom. The Bertz CT molecular complexity index is 473. The maximum Gasteiger partial charge on any atom is 0.0917 e. The number of aliphatic hydroxyl groups is 1. The van der Waals surface area contributed by atoms with Gasteiger partial charge in [0.15, 0.2) is 0 Å². The lowest BCUT2D eigenvalue weighted by Gasteiger charge is -2.23. The molecule has 1 aromatic heterocycles. The van der Waals surface area contributed by atoms with Gasteiger partial charge in [0, 0.05) is 25.5 Å². The van der Waals surface area contributed by atoms with E-state index >= 15 is 0 Å². The van der Waals surface area contributed by atoms with Crippen molar-refractivity contribution in [3.8, 4) is 0 Å². The quantitative estimate of drug-likeness (QED) is 0.863. The number of rotatable bonds is 6. The largest absolute Gasteiger partial charge is 0.387 e. The lowest BCUT2D eigenvalue weighted by molar-refractivity contribution is 0.112. The van der Waals surface area contributed by atoms with E-state index in [0.717, 1.165) is 18.7 Å². The summed E-state index contributed by atoms with van der Waals surface area (Å²) in [5.41, 5.74) is 2.19. The average molecular weight is 256 g/mol. The summed E-state index contributed by atoms with van der Waals surface area (Å²) in [6.07, 6.45) is 3.16. The van der Waals surface area contributed by atoms with Gasteiger partial charge >= 0.3 is 0 Å². The van der Waals surface area contributed by atoms with Crippen LogP contribution in [0.4, 0.5) is 0 Å². The van der Waals surface area contributed by atoms with E-state index in [1.54, 1.807) is 12.4 Å². The number of aliphatic hydroxyl groups excluding tert-OH is 1. The third-order valence-corrected chi connectivity index (χ3v) is 3.22. The molecule has 0 bridgehead atoms. The fourth-order valence-corrected chi connectivity index (χ4v) is 2.08. The van der Waals surface area contributed by atoms with Gasteiger partial charge in [-0.15, -0.1) is 0 Å². The summed E-state index contributed by atoms with van der Waals surface area (Å²) < 4.78 is 0. The van der Waals surface area contributed by atoms with Crippen LogP contribution in [0.1, 0.15) is 24.2 Å². The van der Waals surface area contributed by atoms with E-state index in [1.165, 1.54) is 5.56 Å². The van der Waals surface area contributed by atoms with Gasteiger partial charge in [0.1, 0.15) is 0 Å². The maximum atomic E-state index is 10.2. The molecule has 1 atom stereocenters. The van der Waals surface area contributed by atoms with Crippen molar-refractivity contribution in [1.29, 1.82) is 0 Å². The van der Waals surface area contributed by atoms with Crippen LogP contribution in [0.15, 0.2) is 54.9 Å². The van der Waals surface area contributed by atoms with E-state index in [4.69, 9.17) is 0 Å². The summed E-state index contributed by atoms with van der Waals surface area (Å²) in [5.74, 6) is 0. The van der Waals surface area contributed by atoms with Crippen LogP contribution < -0.4 is 0 Å². The Labute approximate surface area is 114 Å². The van der Waals surface area contributed by atoms with Gasteiger partial charge in [-0.05, 0) is 29.8 Å². The first-order valence-electron chi connectivity index (χ1n) is 6.64. The highest BCUT2D eigenvalue weighted by Gasteiger charge is 2.12. The number of hydrogen-bond acceptors (Lipinski definition) is 3. The van der Waals surface area contributed by atoms with Crippen molar-refractivity contribution >= 4 is 0 Å². The highest BCUT2D eigenvalue weighted by atomic mass is 16.3. The number of nitrogens with zero attached hydrogens (tertiary/aromatic N) is 2. The minimum Gasteiger partial charge on any atom is -0.387 e. The second-order valence-corrected chi connectivity index (χ2v) is 4.61. The van der Waals surface area contributed by atoms with Crippen molar-refractivity contribution < 1.29 is 5.11 Å². The molecule has 19 heavy (non-hydrogen) atoms. The Balaban J connectivity index is 1.96. The highest BCUT2D eigenvalue weighted by Crippen LogP contribution is 2.15. The second-order valence-electron chi connectivity index (χ2n) is 4.61. The molecule has 0 fully saturated rings. The molecule has 3 nitrogen and oxygen atoms in total. The van der Waals surface area contributed by atoms with Gasteiger partial charge in [0.2, 0.25) is 0 Å². The van der Waals surface area contributed by atoms with Crippen LogP contribution in [0.5, 0.6) is 0 Å². The van der Waals surface area contributed by atoms with Crippen LogP contribution in [-0.2, 0) is 6.54 Å². The lowest BCUT2D eigenvalue weighted by Crippen LogP contribution is -2.28. The minimum absolute atomic E-state index is 0.442. The Hall–Kier alpha value is -1.71. The molecule has 1 unspecified atom stereocenters. The molecule has 2 aromatic rings. The Morgan fingerprint density at radius 1 is 1.11 bits per heavy atom. The number of hydrogen-bond donors (Lipinski definition) is 1.